The van der Waals surface area contributed by atoms with Crippen LogP contribution in [0.5, 0.6) is 0 Å². The predicted octanol–water partition coefficient (Wildman–Crippen LogP) is 4.31. The van der Waals surface area contributed by atoms with E-state index in [9.17, 15) is 0 Å². The molecule has 0 bridgehead atoms. The van der Waals surface area contributed by atoms with Crippen LogP contribution < -0.4 is 0 Å². The van der Waals surface area contributed by atoms with Crippen molar-refractivity contribution in [1.82, 2.24) is 14.3 Å². The van der Waals surface area contributed by atoms with Crippen LogP contribution in [0.15, 0.2) is 18.8 Å². The minimum Gasteiger partial charge on any atom is -0.348 e. The van der Waals surface area contributed by atoms with Crippen LogP contribution in [0.3, 0.4) is 0 Å². The highest BCUT2D eigenvalue weighted by atomic mass is 35.5. The van der Waals surface area contributed by atoms with Gasteiger partial charge in [-0.05, 0) is 18.6 Å². The topological polar surface area (TPSA) is 22.8 Å². The average Bonchev–Trinajstić information content (AvgIpc) is 2.91. The quantitative estimate of drug-likeness (QED) is 0.821. The molecule has 0 amide bonds. The SMILES string of the molecule is C=Cc1cc(-c2c(Cl)cnn2C)c(CC)n1C.CC. The first kappa shape index (κ1) is 15.6. The van der Waals surface area contributed by atoms with Crippen LogP contribution >= 0.6 is 11.6 Å². The van der Waals surface area contributed by atoms with Gasteiger partial charge in [0.1, 0.15) is 0 Å². The van der Waals surface area contributed by atoms with E-state index in [1.54, 1.807) is 6.20 Å². The molecule has 0 N–H and O–H groups in total. The average molecular weight is 280 g/mol. The van der Waals surface area contributed by atoms with Gasteiger partial charge in [0.05, 0.1) is 16.9 Å². The summed E-state index contributed by atoms with van der Waals surface area (Å²) in [5.74, 6) is 0. The molecule has 0 aromatic carbocycles. The van der Waals surface area contributed by atoms with Gasteiger partial charge < -0.3 is 4.57 Å². The summed E-state index contributed by atoms with van der Waals surface area (Å²) in [5, 5.41) is 4.87. The Kier molecular flexibility index (Phi) is 5.43. The number of nitrogens with zero attached hydrogens (tertiary/aromatic N) is 3. The summed E-state index contributed by atoms with van der Waals surface area (Å²) in [6.45, 7) is 9.97. The minimum absolute atomic E-state index is 0.684. The molecule has 2 heterocycles. The molecule has 0 atom stereocenters. The second-order valence-corrected chi connectivity index (χ2v) is 4.42. The van der Waals surface area contributed by atoms with Crippen molar-refractivity contribution in [1.29, 1.82) is 0 Å². The molecule has 2 aromatic rings. The Morgan fingerprint density at radius 3 is 2.42 bits per heavy atom. The summed E-state index contributed by atoms with van der Waals surface area (Å²) in [6, 6.07) is 2.11. The van der Waals surface area contributed by atoms with Crippen LogP contribution in [0.2, 0.25) is 5.02 Å². The molecule has 19 heavy (non-hydrogen) atoms. The van der Waals surface area contributed by atoms with Crippen LogP contribution in [0.25, 0.3) is 17.3 Å². The molecule has 104 valence electrons. The second kappa shape index (κ2) is 6.62. The third-order valence-corrected chi connectivity index (χ3v) is 3.37. The number of hydrogen-bond donors (Lipinski definition) is 0. The van der Waals surface area contributed by atoms with Gasteiger partial charge in [-0.3, -0.25) is 4.68 Å². The number of hydrogen-bond acceptors (Lipinski definition) is 1. The van der Waals surface area contributed by atoms with E-state index in [0.717, 1.165) is 23.4 Å². The molecule has 0 saturated carbocycles. The van der Waals surface area contributed by atoms with Gasteiger partial charge in [0.2, 0.25) is 0 Å². The number of rotatable bonds is 3. The predicted molar refractivity (Wildman–Crippen MR) is 83.4 cm³/mol. The molecule has 3 nitrogen and oxygen atoms in total. The number of aromatic nitrogens is 3. The first-order valence-corrected chi connectivity index (χ1v) is 6.96. The van der Waals surface area contributed by atoms with Crippen molar-refractivity contribution in [2.24, 2.45) is 14.1 Å². The molecule has 4 heteroatoms. The Morgan fingerprint density at radius 2 is 2.00 bits per heavy atom. The fourth-order valence-electron chi connectivity index (χ4n) is 2.21. The van der Waals surface area contributed by atoms with Gasteiger partial charge in [-0.1, -0.05) is 39.0 Å². The lowest BCUT2D eigenvalue weighted by Crippen LogP contribution is -1.99. The fourth-order valence-corrected chi connectivity index (χ4v) is 2.47. The van der Waals surface area contributed by atoms with Crippen LogP contribution in [-0.2, 0) is 20.5 Å². The molecule has 0 fully saturated rings. The van der Waals surface area contributed by atoms with Gasteiger partial charge in [0, 0.05) is 31.0 Å². The Labute approximate surface area is 120 Å². The van der Waals surface area contributed by atoms with Crippen molar-refractivity contribution in [3.05, 3.63) is 35.3 Å². The highest BCUT2D eigenvalue weighted by molar-refractivity contribution is 6.33. The van der Waals surface area contributed by atoms with E-state index in [1.807, 2.05) is 38.7 Å². The van der Waals surface area contributed by atoms with E-state index in [2.05, 4.69) is 29.2 Å². The smallest absolute Gasteiger partial charge is 0.0883 e. The van der Waals surface area contributed by atoms with Crippen molar-refractivity contribution in [2.75, 3.05) is 0 Å². The van der Waals surface area contributed by atoms with E-state index in [1.165, 1.54) is 5.69 Å². The summed E-state index contributed by atoms with van der Waals surface area (Å²) in [5.41, 5.74) is 4.43. The molecule has 0 aliphatic carbocycles. The molecule has 0 radical (unpaired) electrons. The van der Waals surface area contributed by atoms with Crippen LogP contribution in [0.4, 0.5) is 0 Å². The molecule has 0 aliphatic rings. The van der Waals surface area contributed by atoms with E-state index in [-0.39, 0.29) is 0 Å². The molecular formula is C15H22ClN3. The van der Waals surface area contributed by atoms with E-state index >= 15 is 0 Å². The number of halogens is 1. The summed E-state index contributed by atoms with van der Waals surface area (Å²) < 4.78 is 3.95. The molecule has 2 rings (SSSR count). The van der Waals surface area contributed by atoms with Crippen molar-refractivity contribution in [3.8, 4) is 11.3 Å². The normalized spacial score (nSPS) is 10.0. The van der Waals surface area contributed by atoms with Gasteiger partial charge in [0.15, 0.2) is 0 Å². The maximum absolute atomic E-state index is 6.19. The van der Waals surface area contributed by atoms with Crippen molar-refractivity contribution in [2.45, 2.75) is 27.2 Å². The molecule has 0 saturated heterocycles. The summed E-state index contributed by atoms with van der Waals surface area (Å²) in [6.07, 6.45) is 4.48. The molecule has 0 spiro atoms. The number of aryl methyl sites for hydroxylation is 1. The second-order valence-electron chi connectivity index (χ2n) is 4.01. The minimum atomic E-state index is 0.684. The summed E-state index contributed by atoms with van der Waals surface area (Å²) in [7, 11) is 3.95. The van der Waals surface area contributed by atoms with E-state index < -0.39 is 0 Å². The lowest BCUT2D eigenvalue weighted by molar-refractivity contribution is 0.771. The maximum atomic E-state index is 6.19. The van der Waals surface area contributed by atoms with Crippen LogP contribution in [0.1, 0.15) is 32.2 Å². The largest absolute Gasteiger partial charge is 0.348 e. The summed E-state index contributed by atoms with van der Waals surface area (Å²) in [4.78, 5) is 0. The van der Waals surface area contributed by atoms with Crippen LogP contribution in [0, 0.1) is 0 Å². The molecule has 0 unspecified atom stereocenters. The molecule has 0 aliphatic heterocycles. The van der Waals surface area contributed by atoms with Gasteiger partial charge in [-0.25, -0.2) is 0 Å². The first-order chi connectivity index (χ1) is 9.10. The van der Waals surface area contributed by atoms with Gasteiger partial charge in [-0.15, -0.1) is 0 Å². The van der Waals surface area contributed by atoms with E-state index in [0.29, 0.717) is 5.02 Å². The van der Waals surface area contributed by atoms with Crippen molar-refractivity contribution in [3.63, 3.8) is 0 Å². The maximum Gasteiger partial charge on any atom is 0.0883 e. The zero-order valence-corrected chi connectivity index (χ0v) is 13.1. The van der Waals surface area contributed by atoms with Gasteiger partial charge >= 0.3 is 0 Å². The van der Waals surface area contributed by atoms with E-state index in [4.69, 9.17) is 11.6 Å². The highest BCUT2D eigenvalue weighted by Gasteiger charge is 2.17. The standard InChI is InChI=1S/C13H16ClN3.C2H6/c1-5-9-7-10(12(6-2)16(9)3)13-11(14)8-15-17(13)4;1-2/h5,7-8H,1,6H2,2-4H3;1-2H3. The Hall–Kier alpha value is -1.48. The monoisotopic (exact) mass is 279 g/mol. The molecule has 2 aromatic heterocycles. The van der Waals surface area contributed by atoms with Gasteiger partial charge in [-0.2, -0.15) is 5.10 Å². The fraction of sp³-hybridized carbons (Fsp3) is 0.400. The van der Waals surface area contributed by atoms with Gasteiger partial charge in [0.25, 0.3) is 0 Å². The van der Waals surface area contributed by atoms with Crippen LogP contribution in [-0.4, -0.2) is 14.3 Å². The zero-order valence-electron chi connectivity index (χ0n) is 12.4. The lowest BCUT2D eigenvalue weighted by Gasteiger charge is -2.06. The zero-order chi connectivity index (χ0) is 14.6. The third kappa shape index (κ3) is 2.76. The Balaban J connectivity index is 0.000000861. The highest BCUT2D eigenvalue weighted by Crippen LogP contribution is 2.32. The van der Waals surface area contributed by atoms with Crippen molar-refractivity contribution < 1.29 is 0 Å². The third-order valence-electron chi connectivity index (χ3n) is 3.09. The Morgan fingerprint density at radius 1 is 1.37 bits per heavy atom. The van der Waals surface area contributed by atoms with Crippen molar-refractivity contribution >= 4 is 17.7 Å². The Bertz CT molecular complexity index is 545. The lowest BCUT2D eigenvalue weighted by atomic mass is 10.1. The first-order valence-electron chi connectivity index (χ1n) is 6.59. The molecular weight excluding hydrogens is 258 g/mol. The summed E-state index contributed by atoms with van der Waals surface area (Å²) >= 11 is 6.19.